The predicted octanol–water partition coefficient (Wildman–Crippen LogP) is 3.19. The van der Waals surface area contributed by atoms with E-state index in [1.807, 2.05) is 43.3 Å². The molecule has 0 radical (unpaired) electrons. The van der Waals surface area contributed by atoms with Crippen LogP contribution in [0.1, 0.15) is 36.1 Å². The van der Waals surface area contributed by atoms with Crippen LogP contribution in [-0.2, 0) is 16.0 Å². The van der Waals surface area contributed by atoms with E-state index in [1.54, 1.807) is 33.0 Å². The SMILES string of the molecule is CC(=C1NC(=O)C(C)(Cc2ccccc2)N(C)C1=O)c1c(C)cccc1C#N. The number of benzene rings is 2. The lowest BCUT2D eigenvalue weighted by Gasteiger charge is -2.42. The van der Waals surface area contributed by atoms with Crippen LogP contribution >= 0.6 is 0 Å². The molecule has 142 valence electrons. The van der Waals surface area contributed by atoms with Crippen molar-refractivity contribution < 1.29 is 9.59 Å². The molecule has 1 atom stereocenters. The number of nitrogens with one attached hydrogen (secondary N) is 1. The minimum atomic E-state index is -0.994. The minimum absolute atomic E-state index is 0.226. The molecular formula is C23H23N3O2. The first-order chi connectivity index (χ1) is 13.3. The molecule has 5 heteroatoms. The zero-order chi connectivity index (χ0) is 20.5. The Balaban J connectivity index is 2.03. The lowest BCUT2D eigenvalue weighted by molar-refractivity contribution is -0.147. The molecule has 28 heavy (non-hydrogen) atoms. The van der Waals surface area contributed by atoms with Crippen molar-refractivity contribution in [1.82, 2.24) is 10.2 Å². The Morgan fingerprint density at radius 1 is 1.14 bits per heavy atom. The fourth-order valence-corrected chi connectivity index (χ4v) is 3.68. The lowest BCUT2D eigenvalue weighted by atomic mass is 9.86. The summed E-state index contributed by atoms with van der Waals surface area (Å²) in [6.07, 6.45) is 0.419. The molecule has 0 spiro atoms. The van der Waals surface area contributed by atoms with E-state index in [4.69, 9.17) is 0 Å². The lowest BCUT2D eigenvalue weighted by Crippen LogP contribution is -2.64. The first kappa shape index (κ1) is 19.4. The summed E-state index contributed by atoms with van der Waals surface area (Å²) in [5.74, 6) is -0.498. The molecule has 2 aromatic rings. The molecule has 1 aliphatic rings. The highest BCUT2D eigenvalue weighted by atomic mass is 16.2. The Bertz CT molecular complexity index is 1020. The van der Waals surface area contributed by atoms with Crippen molar-refractivity contribution >= 4 is 17.4 Å². The maximum absolute atomic E-state index is 13.2. The van der Waals surface area contributed by atoms with E-state index >= 15 is 0 Å². The van der Waals surface area contributed by atoms with Gasteiger partial charge in [0.15, 0.2) is 0 Å². The summed E-state index contributed by atoms with van der Waals surface area (Å²) in [5, 5.41) is 12.3. The number of nitriles is 1. The van der Waals surface area contributed by atoms with Crippen LogP contribution in [0.2, 0.25) is 0 Å². The number of rotatable bonds is 3. The van der Waals surface area contributed by atoms with Crippen molar-refractivity contribution in [2.45, 2.75) is 32.7 Å². The molecule has 1 saturated heterocycles. The second kappa shape index (κ2) is 7.32. The summed E-state index contributed by atoms with van der Waals surface area (Å²) in [6, 6.07) is 17.2. The largest absolute Gasteiger partial charge is 0.326 e. The topological polar surface area (TPSA) is 73.2 Å². The van der Waals surface area contributed by atoms with Gasteiger partial charge in [0.05, 0.1) is 11.6 Å². The van der Waals surface area contributed by atoms with Gasteiger partial charge < -0.3 is 10.2 Å². The molecule has 2 amide bonds. The van der Waals surface area contributed by atoms with Crippen molar-refractivity contribution in [3.63, 3.8) is 0 Å². The van der Waals surface area contributed by atoms with Gasteiger partial charge >= 0.3 is 0 Å². The molecule has 0 aliphatic carbocycles. The molecule has 1 N–H and O–H groups in total. The molecule has 2 aromatic carbocycles. The van der Waals surface area contributed by atoms with Crippen molar-refractivity contribution in [3.05, 3.63) is 76.5 Å². The molecule has 1 unspecified atom stereocenters. The van der Waals surface area contributed by atoms with Crippen molar-refractivity contribution in [3.8, 4) is 6.07 Å². The Morgan fingerprint density at radius 2 is 1.82 bits per heavy atom. The normalized spacial score (nSPS) is 21.2. The van der Waals surface area contributed by atoms with E-state index in [0.717, 1.165) is 11.1 Å². The minimum Gasteiger partial charge on any atom is -0.326 e. The van der Waals surface area contributed by atoms with Gasteiger partial charge in [0.25, 0.3) is 11.8 Å². The van der Waals surface area contributed by atoms with E-state index in [-0.39, 0.29) is 17.5 Å². The highest BCUT2D eigenvalue weighted by Gasteiger charge is 2.46. The van der Waals surface area contributed by atoms with Crippen molar-refractivity contribution in [1.29, 1.82) is 5.26 Å². The van der Waals surface area contributed by atoms with Crippen molar-refractivity contribution in [2.24, 2.45) is 0 Å². The molecule has 5 nitrogen and oxygen atoms in total. The van der Waals surface area contributed by atoms with E-state index in [1.165, 1.54) is 4.90 Å². The number of nitrogens with zero attached hydrogens (tertiary/aromatic N) is 2. The van der Waals surface area contributed by atoms with Crippen LogP contribution in [0.3, 0.4) is 0 Å². The first-order valence-corrected chi connectivity index (χ1v) is 9.14. The third-order valence-corrected chi connectivity index (χ3v) is 5.52. The third kappa shape index (κ3) is 3.18. The highest BCUT2D eigenvalue weighted by Crippen LogP contribution is 2.31. The second-order valence-electron chi connectivity index (χ2n) is 7.36. The standard InChI is InChI=1S/C23H23N3O2/c1-15-9-8-12-18(14-24)19(15)16(2)20-21(27)26(4)23(3,22(28)25-20)13-17-10-6-5-7-11-17/h5-12H,13H2,1-4H3,(H,25,28). The van der Waals surface area contributed by atoms with Crippen LogP contribution < -0.4 is 5.32 Å². The summed E-state index contributed by atoms with van der Waals surface area (Å²) in [5.41, 5.74) is 2.86. The molecule has 0 saturated carbocycles. The number of amides is 2. The van der Waals surface area contributed by atoms with Crippen LogP contribution in [0, 0.1) is 18.3 Å². The van der Waals surface area contributed by atoms with Gasteiger partial charge in [0.2, 0.25) is 0 Å². The smallest absolute Gasteiger partial charge is 0.271 e. The summed E-state index contributed by atoms with van der Waals surface area (Å²) in [4.78, 5) is 27.7. The van der Waals surface area contributed by atoms with Crippen LogP contribution in [0.15, 0.2) is 54.2 Å². The zero-order valence-electron chi connectivity index (χ0n) is 16.5. The molecule has 1 fully saturated rings. The highest BCUT2D eigenvalue weighted by molar-refractivity contribution is 6.10. The number of piperazine rings is 1. The fraction of sp³-hybridized carbons (Fsp3) is 0.261. The number of likely N-dealkylation sites (N-methyl/N-ethyl adjacent to an activating group) is 1. The average molecular weight is 373 g/mol. The van der Waals surface area contributed by atoms with Gasteiger partial charge in [0, 0.05) is 19.0 Å². The van der Waals surface area contributed by atoms with Gasteiger partial charge in [-0.3, -0.25) is 9.59 Å². The number of carbonyl (C=O) groups excluding carboxylic acids is 2. The summed E-state index contributed by atoms with van der Waals surface area (Å²) < 4.78 is 0. The van der Waals surface area contributed by atoms with Gasteiger partial charge in [-0.1, -0.05) is 42.5 Å². The molecule has 0 bridgehead atoms. The van der Waals surface area contributed by atoms with E-state index in [9.17, 15) is 14.9 Å². The maximum Gasteiger partial charge on any atom is 0.271 e. The summed E-state index contributed by atoms with van der Waals surface area (Å²) in [7, 11) is 1.65. The van der Waals surface area contributed by atoms with Crippen LogP contribution in [-0.4, -0.2) is 29.3 Å². The van der Waals surface area contributed by atoms with Crippen LogP contribution in [0.4, 0.5) is 0 Å². The molecule has 3 rings (SSSR count). The number of aryl methyl sites for hydroxylation is 1. The number of allylic oxidation sites excluding steroid dienone is 1. The number of hydrogen-bond acceptors (Lipinski definition) is 3. The summed E-state index contributed by atoms with van der Waals surface area (Å²) >= 11 is 0. The molecular weight excluding hydrogens is 350 g/mol. The zero-order valence-corrected chi connectivity index (χ0v) is 16.5. The molecule has 1 aliphatic heterocycles. The van der Waals surface area contributed by atoms with Gasteiger partial charge in [0.1, 0.15) is 11.2 Å². The fourth-order valence-electron chi connectivity index (χ4n) is 3.68. The summed E-state index contributed by atoms with van der Waals surface area (Å²) in [6.45, 7) is 5.43. The van der Waals surface area contributed by atoms with Gasteiger partial charge in [-0.2, -0.15) is 5.26 Å². The molecule has 0 aromatic heterocycles. The van der Waals surface area contributed by atoms with Crippen molar-refractivity contribution in [2.75, 3.05) is 7.05 Å². The van der Waals surface area contributed by atoms with Gasteiger partial charge in [-0.05, 0) is 43.5 Å². The quantitative estimate of drug-likeness (QED) is 0.840. The monoisotopic (exact) mass is 373 g/mol. The third-order valence-electron chi connectivity index (χ3n) is 5.52. The van der Waals surface area contributed by atoms with E-state index < -0.39 is 5.54 Å². The van der Waals surface area contributed by atoms with E-state index in [2.05, 4.69) is 11.4 Å². The maximum atomic E-state index is 13.2. The first-order valence-electron chi connectivity index (χ1n) is 9.14. The van der Waals surface area contributed by atoms with Crippen LogP contribution in [0.25, 0.3) is 5.57 Å². The Morgan fingerprint density at radius 3 is 2.46 bits per heavy atom. The number of hydrogen-bond donors (Lipinski definition) is 1. The van der Waals surface area contributed by atoms with Gasteiger partial charge in [-0.15, -0.1) is 0 Å². The molecule has 1 heterocycles. The Hall–Kier alpha value is -3.39. The number of carbonyl (C=O) groups is 2. The second-order valence-corrected chi connectivity index (χ2v) is 7.36. The Labute approximate surface area is 165 Å². The average Bonchev–Trinajstić information content (AvgIpc) is 2.69. The predicted molar refractivity (Wildman–Crippen MR) is 108 cm³/mol. The van der Waals surface area contributed by atoms with Gasteiger partial charge in [-0.25, -0.2) is 0 Å². The van der Waals surface area contributed by atoms with Crippen LogP contribution in [0.5, 0.6) is 0 Å². The Kier molecular flexibility index (Phi) is 5.06. The van der Waals surface area contributed by atoms with E-state index in [0.29, 0.717) is 23.1 Å².